The van der Waals surface area contributed by atoms with Gasteiger partial charge in [-0.1, -0.05) is 0 Å². The second-order valence-electron chi connectivity index (χ2n) is 4.49. The number of aldehydes is 1. The van der Waals surface area contributed by atoms with Gasteiger partial charge in [0, 0.05) is 51.2 Å². The summed E-state index contributed by atoms with van der Waals surface area (Å²) in [4.78, 5) is 26.9. The van der Waals surface area contributed by atoms with Gasteiger partial charge in [0.2, 0.25) is 0 Å². The maximum Gasteiger partial charge on any atom is 0.329 e. The first-order valence-electron chi connectivity index (χ1n) is 7.12. The molecule has 0 atom stereocenters. The summed E-state index contributed by atoms with van der Waals surface area (Å²) in [5.74, 6) is 0. The van der Waals surface area contributed by atoms with Gasteiger partial charge in [-0.15, -0.1) is 0 Å². The number of nitrogens with zero attached hydrogens (tertiary/aromatic N) is 2. The van der Waals surface area contributed by atoms with Gasteiger partial charge in [-0.25, -0.2) is 10.2 Å². The first-order chi connectivity index (χ1) is 10.8. The number of urea groups is 1. The molecule has 2 heterocycles. The molecule has 1 aromatic heterocycles. The van der Waals surface area contributed by atoms with E-state index in [0.29, 0.717) is 12.1 Å². The number of ether oxygens (including phenoxy) is 1. The molecular formula is C14H23N5O3. The minimum Gasteiger partial charge on any atom is -0.379 e. The third-order valence-corrected chi connectivity index (χ3v) is 2.88. The summed E-state index contributed by atoms with van der Waals surface area (Å²) in [6, 6.07) is 3.24. The van der Waals surface area contributed by atoms with E-state index in [0.717, 1.165) is 39.1 Å². The molecule has 1 fully saturated rings. The average molecular weight is 309 g/mol. The third-order valence-electron chi connectivity index (χ3n) is 2.88. The van der Waals surface area contributed by atoms with Crippen LogP contribution in [0.3, 0.4) is 0 Å². The fraction of sp³-hybridized carbons (Fsp3) is 0.500. The van der Waals surface area contributed by atoms with Crippen molar-refractivity contribution < 1.29 is 14.3 Å². The predicted molar refractivity (Wildman–Crippen MR) is 82.5 cm³/mol. The normalized spacial score (nSPS) is 14.4. The highest BCUT2D eigenvalue weighted by molar-refractivity contribution is 5.73. The Kier molecular flexibility index (Phi) is 9.51. The predicted octanol–water partition coefficient (Wildman–Crippen LogP) is -0.354. The molecular weight excluding hydrogens is 286 g/mol. The smallest absolute Gasteiger partial charge is 0.329 e. The molecule has 2 amide bonds. The standard InChI is InChI=1S/C8H18N4O2.C6H5NO/c1-9-11-8(13)10-2-3-12-4-6-14-7-5-12;8-5-6-2-1-3-7-4-6/h9H,2-7H2,1H3,(H2,10,11,13);1-5H. The zero-order chi connectivity index (χ0) is 16.0. The van der Waals surface area contributed by atoms with Crippen LogP contribution in [0.1, 0.15) is 10.4 Å². The second-order valence-corrected chi connectivity index (χ2v) is 4.49. The minimum atomic E-state index is -0.194. The molecule has 8 nitrogen and oxygen atoms in total. The van der Waals surface area contributed by atoms with E-state index in [1.54, 1.807) is 25.4 Å². The molecule has 0 radical (unpaired) electrons. The van der Waals surface area contributed by atoms with Crippen molar-refractivity contribution in [2.75, 3.05) is 46.4 Å². The number of carbonyl (C=O) groups excluding carboxylic acids is 2. The number of hydrogen-bond acceptors (Lipinski definition) is 6. The summed E-state index contributed by atoms with van der Waals surface area (Å²) in [6.45, 7) is 5.03. The zero-order valence-corrected chi connectivity index (χ0v) is 12.7. The lowest BCUT2D eigenvalue weighted by atomic mass is 10.3. The number of nitrogens with one attached hydrogen (secondary N) is 3. The quantitative estimate of drug-likeness (QED) is 0.508. The molecule has 0 saturated carbocycles. The molecule has 8 heteroatoms. The number of hydrazine groups is 1. The van der Waals surface area contributed by atoms with E-state index in [2.05, 4.69) is 26.1 Å². The van der Waals surface area contributed by atoms with Crippen molar-refractivity contribution in [3.8, 4) is 0 Å². The Hall–Kier alpha value is -2.03. The van der Waals surface area contributed by atoms with Gasteiger partial charge in [0.25, 0.3) is 0 Å². The van der Waals surface area contributed by atoms with Gasteiger partial charge >= 0.3 is 6.03 Å². The van der Waals surface area contributed by atoms with Crippen molar-refractivity contribution in [1.29, 1.82) is 0 Å². The van der Waals surface area contributed by atoms with Gasteiger partial charge in [0.05, 0.1) is 13.2 Å². The molecule has 0 aliphatic carbocycles. The van der Waals surface area contributed by atoms with E-state index in [4.69, 9.17) is 4.74 Å². The first kappa shape index (κ1) is 18.0. The number of pyridine rings is 1. The Morgan fingerprint density at radius 2 is 2.23 bits per heavy atom. The van der Waals surface area contributed by atoms with Gasteiger partial charge in [-0.2, -0.15) is 0 Å². The van der Waals surface area contributed by atoms with E-state index < -0.39 is 0 Å². The highest BCUT2D eigenvalue weighted by Crippen LogP contribution is 1.94. The Balaban J connectivity index is 0.000000255. The lowest BCUT2D eigenvalue weighted by Gasteiger charge is -2.26. The van der Waals surface area contributed by atoms with Crippen LogP contribution in [-0.2, 0) is 4.74 Å². The summed E-state index contributed by atoms with van der Waals surface area (Å²) in [7, 11) is 1.65. The summed E-state index contributed by atoms with van der Waals surface area (Å²) >= 11 is 0. The molecule has 0 spiro atoms. The minimum absolute atomic E-state index is 0.194. The number of aromatic nitrogens is 1. The van der Waals surface area contributed by atoms with Crippen molar-refractivity contribution in [3.63, 3.8) is 0 Å². The van der Waals surface area contributed by atoms with Gasteiger partial charge in [-0.3, -0.25) is 20.1 Å². The van der Waals surface area contributed by atoms with Crippen LogP contribution in [0.4, 0.5) is 4.79 Å². The summed E-state index contributed by atoms with van der Waals surface area (Å²) < 4.78 is 5.21. The zero-order valence-electron chi connectivity index (χ0n) is 12.7. The molecule has 2 rings (SSSR count). The summed E-state index contributed by atoms with van der Waals surface area (Å²) in [5, 5.41) is 2.74. The van der Waals surface area contributed by atoms with Crippen LogP contribution in [0.15, 0.2) is 24.5 Å². The molecule has 1 aromatic rings. The topological polar surface area (TPSA) is 95.6 Å². The number of carbonyl (C=O) groups is 2. The molecule has 3 N–H and O–H groups in total. The second kappa shape index (κ2) is 11.6. The SMILES string of the molecule is CNNC(=O)NCCN1CCOCC1.O=Cc1cccnc1. The Bertz CT molecular complexity index is 424. The monoisotopic (exact) mass is 309 g/mol. The maximum atomic E-state index is 11.0. The molecule has 0 unspecified atom stereocenters. The Labute approximate surface area is 130 Å². The molecule has 0 aromatic carbocycles. The van der Waals surface area contributed by atoms with E-state index in [1.807, 2.05) is 0 Å². The summed E-state index contributed by atoms with van der Waals surface area (Å²) in [6.07, 6.45) is 3.92. The van der Waals surface area contributed by atoms with E-state index in [1.165, 1.54) is 6.20 Å². The van der Waals surface area contributed by atoms with Gasteiger partial charge in [0.1, 0.15) is 0 Å². The fourth-order valence-corrected chi connectivity index (χ4v) is 1.76. The molecule has 22 heavy (non-hydrogen) atoms. The number of hydrogen-bond donors (Lipinski definition) is 3. The third kappa shape index (κ3) is 8.30. The van der Waals surface area contributed by atoms with Crippen molar-refractivity contribution in [2.24, 2.45) is 0 Å². The van der Waals surface area contributed by atoms with Crippen LogP contribution >= 0.6 is 0 Å². The molecule has 1 aliphatic rings. The van der Waals surface area contributed by atoms with Gasteiger partial charge in [0.15, 0.2) is 6.29 Å². The molecule has 1 saturated heterocycles. The largest absolute Gasteiger partial charge is 0.379 e. The van der Waals surface area contributed by atoms with Crippen molar-refractivity contribution in [1.82, 2.24) is 26.1 Å². The number of morpholine rings is 1. The van der Waals surface area contributed by atoms with Crippen molar-refractivity contribution in [3.05, 3.63) is 30.1 Å². The molecule has 122 valence electrons. The van der Waals surface area contributed by atoms with E-state index in [9.17, 15) is 9.59 Å². The van der Waals surface area contributed by atoms with Crippen LogP contribution < -0.4 is 16.2 Å². The fourth-order valence-electron chi connectivity index (χ4n) is 1.76. The van der Waals surface area contributed by atoms with Crippen LogP contribution in [0.2, 0.25) is 0 Å². The first-order valence-corrected chi connectivity index (χ1v) is 7.12. The Morgan fingerprint density at radius 1 is 1.45 bits per heavy atom. The maximum absolute atomic E-state index is 11.0. The highest BCUT2D eigenvalue weighted by atomic mass is 16.5. The van der Waals surface area contributed by atoms with Crippen molar-refractivity contribution >= 4 is 12.3 Å². The number of rotatable bonds is 5. The lowest BCUT2D eigenvalue weighted by Crippen LogP contribution is -2.46. The average Bonchev–Trinajstić information content (AvgIpc) is 2.57. The van der Waals surface area contributed by atoms with Crippen LogP contribution in [0.25, 0.3) is 0 Å². The van der Waals surface area contributed by atoms with Crippen molar-refractivity contribution in [2.45, 2.75) is 0 Å². The van der Waals surface area contributed by atoms with Gasteiger partial charge in [-0.05, 0) is 12.1 Å². The van der Waals surface area contributed by atoms with Crippen LogP contribution in [0.5, 0.6) is 0 Å². The van der Waals surface area contributed by atoms with Crippen LogP contribution in [-0.4, -0.2) is 68.6 Å². The van der Waals surface area contributed by atoms with Crippen LogP contribution in [0, 0.1) is 0 Å². The highest BCUT2D eigenvalue weighted by Gasteiger charge is 2.09. The summed E-state index contributed by atoms with van der Waals surface area (Å²) in [5.41, 5.74) is 5.62. The lowest BCUT2D eigenvalue weighted by molar-refractivity contribution is 0.0387. The molecule has 0 bridgehead atoms. The van der Waals surface area contributed by atoms with E-state index >= 15 is 0 Å². The number of amides is 2. The van der Waals surface area contributed by atoms with E-state index in [-0.39, 0.29) is 6.03 Å². The molecule has 1 aliphatic heterocycles. The van der Waals surface area contributed by atoms with Gasteiger partial charge < -0.3 is 10.1 Å². The Morgan fingerprint density at radius 3 is 2.77 bits per heavy atom.